The number of rotatable bonds is 4. The van der Waals surface area contributed by atoms with Crippen molar-refractivity contribution in [3.05, 3.63) is 45.6 Å². The van der Waals surface area contributed by atoms with E-state index in [-0.39, 0.29) is 0 Å². The van der Waals surface area contributed by atoms with Crippen LogP contribution in [0.25, 0.3) is 0 Å². The predicted molar refractivity (Wildman–Crippen MR) is 74.9 cm³/mol. The van der Waals surface area contributed by atoms with Gasteiger partial charge in [0.25, 0.3) is 0 Å². The minimum Gasteiger partial charge on any atom is -0.380 e. The van der Waals surface area contributed by atoms with Gasteiger partial charge in [0.1, 0.15) is 0 Å². The summed E-state index contributed by atoms with van der Waals surface area (Å²) in [5.74, 6) is 0. The van der Waals surface area contributed by atoms with Crippen molar-refractivity contribution in [2.75, 3.05) is 11.6 Å². The second-order valence-corrected chi connectivity index (χ2v) is 5.63. The van der Waals surface area contributed by atoms with Gasteiger partial charge < -0.3 is 5.32 Å². The molecular formula is C12H12ClNS2. The van der Waals surface area contributed by atoms with Crippen molar-refractivity contribution >= 4 is 40.4 Å². The van der Waals surface area contributed by atoms with Gasteiger partial charge in [-0.3, -0.25) is 0 Å². The Balaban J connectivity index is 1.99. The number of hydrogen-bond acceptors (Lipinski definition) is 3. The van der Waals surface area contributed by atoms with Crippen LogP contribution in [0.2, 0.25) is 5.02 Å². The Morgan fingerprint density at radius 2 is 2.25 bits per heavy atom. The van der Waals surface area contributed by atoms with Crippen LogP contribution >= 0.6 is 34.7 Å². The maximum absolute atomic E-state index is 5.87. The molecule has 1 N–H and O–H groups in total. The Labute approximate surface area is 109 Å². The van der Waals surface area contributed by atoms with Gasteiger partial charge in [-0.15, -0.1) is 23.1 Å². The van der Waals surface area contributed by atoms with Gasteiger partial charge in [0.05, 0.1) is 5.02 Å². The lowest BCUT2D eigenvalue weighted by Crippen LogP contribution is -1.96. The number of thiophene rings is 1. The fraction of sp³-hybridized carbons (Fsp3) is 0.167. The highest BCUT2D eigenvalue weighted by Gasteiger charge is 1.98. The molecule has 1 aromatic carbocycles. The van der Waals surface area contributed by atoms with E-state index in [1.165, 1.54) is 9.77 Å². The summed E-state index contributed by atoms with van der Waals surface area (Å²) in [5.41, 5.74) is 1.15. The molecule has 2 aromatic rings. The molecule has 0 aliphatic carbocycles. The van der Waals surface area contributed by atoms with Crippen molar-refractivity contribution in [2.24, 2.45) is 0 Å². The van der Waals surface area contributed by atoms with E-state index in [0.717, 1.165) is 17.3 Å². The number of halogens is 1. The first-order valence-corrected chi connectivity index (χ1v) is 7.37. The number of thioether (sulfide) groups is 1. The Morgan fingerprint density at radius 1 is 1.38 bits per heavy atom. The van der Waals surface area contributed by atoms with E-state index in [1.54, 1.807) is 23.1 Å². The van der Waals surface area contributed by atoms with E-state index in [2.05, 4.69) is 35.8 Å². The number of nitrogens with one attached hydrogen (secondary N) is 1. The largest absolute Gasteiger partial charge is 0.380 e. The molecule has 2 rings (SSSR count). The van der Waals surface area contributed by atoms with E-state index >= 15 is 0 Å². The molecule has 0 unspecified atom stereocenters. The summed E-state index contributed by atoms with van der Waals surface area (Å²) in [6, 6.07) is 10.4. The summed E-state index contributed by atoms with van der Waals surface area (Å²) >= 11 is 9.30. The minimum absolute atomic E-state index is 0.819. The van der Waals surface area contributed by atoms with E-state index in [4.69, 9.17) is 11.6 Å². The average Bonchev–Trinajstić information content (AvgIpc) is 2.73. The lowest BCUT2D eigenvalue weighted by atomic mass is 10.3. The Kier molecular flexibility index (Phi) is 4.16. The average molecular weight is 270 g/mol. The molecule has 84 valence electrons. The number of benzene rings is 1. The summed E-state index contributed by atoms with van der Waals surface area (Å²) in [6.07, 6.45) is 2.08. The van der Waals surface area contributed by atoms with Gasteiger partial charge in [0.2, 0.25) is 0 Å². The van der Waals surface area contributed by atoms with Crippen LogP contribution in [0.4, 0.5) is 5.69 Å². The molecule has 0 aliphatic heterocycles. The smallest absolute Gasteiger partial charge is 0.0516 e. The molecule has 0 saturated heterocycles. The topological polar surface area (TPSA) is 12.0 Å². The van der Waals surface area contributed by atoms with E-state index in [9.17, 15) is 0 Å². The van der Waals surface area contributed by atoms with Crippen molar-refractivity contribution in [3.63, 3.8) is 0 Å². The molecule has 0 bridgehead atoms. The maximum atomic E-state index is 5.87. The quantitative estimate of drug-likeness (QED) is 0.805. The molecule has 0 saturated carbocycles. The van der Waals surface area contributed by atoms with Crippen LogP contribution < -0.4 is 5.32 Å². The monoisotopic (exact) mass is 269 g/mol. The summed E-state index contributed by atoms with van der Waals surface area (Å²) in [7, 11) is 0. The van der Waals surface area contributed by atoms with Crippen molar-refractivity contribution in [1.82, 2.24) is 0 Å². The Bertz CT molecular complexity index is 468. The molecule has 0 aliphatic rings. The van der Waals surface area contributed by atoms with Crippen molar-refractivity contribution in [1.29, 1.82) is 0 Å². The molecule has 0 radical (unpaired) electrons. The lowest BCUT2D eigenvalue weighted by Gasteiger charge is -2.05. The second kappa shape index (κ2) is 5.62. The molecule has 0 atom stereocenters. The fourth-order valence-electron chi connectivity index (χ4n) is 1.37. The molecule has 1 nitrogen and oxygen atoms in total. The zero-order valence-electron chi connectivity index (χ0n) is 8.87. The van der Waals surface area contributed by atoms with Crippen LogP contribution in [0.5, 0.6) is 0 Å². The van der Waals surface area contributed by atoms with E-state index in [1.807, 2.05) is 11.4 Å². The minimum atomic E-state index is 0.819. The third kappa shape index (κ3) is 3.17. The maximum Gasteiger partial charge on any atom is 0.0516 e. The summed E-state index contributed by atoms with van der Waals surface area (Å²) in [5, 5.41) is 6.16. The predicted octanol–water partition coefficient (Wildman–Crippen LogP) is 4.74. The normalized spacial score (nSPS) is 10.4. The summed E-state index contributed by atoms with van der Waals surface area (Å²) in [4.78, 5) is 2.52. The van der Waals surface area contributed by atoms with Crippen LogP contribution in [0.1, 0.15) is 4.88 Å². The highest BCUT2D eigenvalue weighted by atomic mass is 35.5. The van der Waals surface area contributed by atoms with Gasteiger partial charge in [0.15, 0.2) is 0 Å². The van der Waals surface area contributed by atoms with Gasteiger partial charge >= 0.3 is 0 Å². The first kappa shape index (κ1) is 11.8. The summed E-state index contributed by atoms with van der Waals surface area (Å²) < 4.78 is 0. The van der Waals surface area contributed by atoms with Crippen LogP contribution in [-0.2, 0) is 6.54 Å². The molecule has 1 heterocycles. The molecule has 16 heavy (non-hydrogen) atoms. The van der Waals surface area contributed by atoms with Gasteiger partial charge in [-0.1, -0.05) is 17.7 Å². The van der Waals surface area contributed by atoms with Crippen LogP contribution in [-0.4, -0.2) is 6.26 Å². The third-order valence-corrected chi connectivity index (χ3v) is 4.17. The van der Waals surface area contributed by atoms with E-state index in [0.29, 0.717) is 0 Å². The summed E-state index contributed by atoms with van der Waals surface area (Å²) in [6.45, 7) is 0.829. The van der Waals surface area contributed by atoms with Gasteiger partial charge in [-0.05, 0) is 30.5 Å². The van der Waals surface area contributed by atoms with Crippen molar-refractivity contribution in [3.8, 4) is 0 Å². The van der Waals surface area contributed by atoms with Crippen molar-refractivity contribution in [2.45, 2.75) is 11.4 Å². The Hall–Kier alpha value is -0.640. The highest BCUT2D eigenvalue weighted by molar-refractivity contribution is 7.98. The zero-order valence-corrected chi connectivity index (χ0v) is 11.3. The van der Waals surface area contributed by atoms with Gasteiger partial charge in [0, 0.05) is 27.4 Å². The highest BCUT2D eigenvalue weighted by Crippen LogP contribution is 2.22. The molecule has 0 fully saturated rings. The molecule has 1 aromatic heterocycles. The number of hydrogen-bond donors (Lipinski definition) is 1. The standard InChI is InChI=1S/C12H12ClNS2/c1-15-11-4-2-3-10(6-11)14-7-12-5-9(13)8-16-12/h2-6,8,14H,7H2,1H3. The Morgan fingerprint density at radius 3 is 2.94 bits per heavy atom. The number of anilines is 1. The van der Waals surface area contributed by atoms with Crippen LogP contribution in [0.15, 0.2) is 40.6 Å². The molecule has 0 spiro atoms. The van der Waals surface area contributed by atoms with Gasteiger partial charge in [-0.25, -0.2) is 0 Å². The van der Waals surface area contributed by atoms with Crippen LogP contribution in [0, 0.1) is 0 Å². The van der Waals surface area contributed by atoms with E-state index < -0.39 is 0 Å². The SMILES string of the molecule is CSc1cccc(NCc2cc(Cl)cs2)c1. The molecule has 4 heteroatoms. The van der Waals surface area contributed by atoms with Gasteiger partial charge in [-0.2, -0.15) is 0 Å². The lowest BCUT2D eigenvalue weighted by molar-refractivity contribution is 1.19. The molecular weight excluding hydrogens is 258 g/mol. The molecule has 0 amide bonds. The zero-order chi connectivity index (χ0) is 11.4. The second-order valence-electron chi connectivity index (χ2n) is 3.32. The fourth-order valence-corrected chi connectivity index (χ4v) is 2.84. The third-order valence-electron chi connectivity index (χ3n) is 2.16. The first-order valence-electron chi connectivity index (χ1n) is 4.89. The van der Waals surface area contributed by atoms with Crippen molar-refractivity contribution < 1.29 is 0 Å². The van der Waals surface area contributed by atoms with Crippen LogP contribution in [0.3, 0.4) is 0 Å². The first-order chi connectivity index (χ1) is 7.78.